The summed E-state index contributed by atoms with van der Waals surface area (Å²) in [5.41, 5.74) is 5.41. The van der Waals surface area contributed by atoms with Gasteiger partial charge in [0.15, 0.2) is 6.10 Å². The largest absolute Gasteiger partial charge is 0.472 e. The Balaban J connectivity index is 3.92. The number of nitrogens with two attached hydrogens (primary N) is 1. The predicted molar refractivity (Wildman–Crippen MR) is 413 cm³/mol. The minimum Gasteiger partial charge on any atom is -0.462 e. The maximum atomic E-state index is 12.8. The van der Waals surface area contributed by atoms with Crippen LogP contribution < -0.4 is 5.73 Å². The zero-order valence-corrected chi connectivity index (χ0v) is 62.0. The summed E-state index contributed by atoms with van der Waals surface area (Å²) in [4.78, 5) is 35.4. The second-order valence-corrected chi connectivity index (χ2v) is 26.9. The average Bonchev–Trinajstić information content (AvgIpc) is 2.75. The molecule has 0 amide bonds. The summed E-state index contributed by atoms with van der Waals surface area (Å²) in [6, 6.07) is 0. The molecule has 0 saturated heterocycles. The molecule has 542 valence electrons. The van der Waals surface area contributed by atoms with Crippen LogP contribution in [0.15, 0.2) is 158 Å². The second-order valence-electron chi connectivity index (χ2n) is 25.5. The van der Waals surface area contributed by atoms with Crippen LogP contribution in [0, 0.1) is 0 Å². The van der Waals surface area contributed by atoms with Gasteiger partial charge in [0.2, 0.25) is 0 Å². The molecule has 0 aliphatic carbocycles. The standard InChI is InChI=1S/C85H144NO8P/c1-3-5-7-9-11-13-15-17-19-21-23-25-27-29-31-33-35-37-38-39-40-41-42-43-44-46-48-50-52-54-56-58-60-62-64-66-68-70-72-74-76-78-85(88)94-83(82-93-95(89,90)92-80-79-86)81-91-84(87)77-75-73-71-69-67-65-63-61-59-57-55-53-51-49-47-45-36-34-32-30-28-26-24-22-20-18-16-14-12-10-8-6-4-2/h5,7,11,13,16-19,22-25,29,31,35,37,39-40,42-43,46,48,52,54,58,60,83H,3-4,6,8-10,12,14-15,20-21,26-28,30,32-34,36,38,41,44-45,47,49-51,53,55-57,59,61-82,86H2,1-2H3,(H,89,90)/b7-5-,13-11-,18-16-,19-17-,24-22-,25-23-,31-29-,37-35-,40-39-,43-42-,48-46-,54-52-,60-58-. The van der Waals surface area contributed by atoms with Gasteiger partial charge in [0.25, 0.3) is 0 Å². The normalized spacial score (nSPS) is 13.8. The van der Waals surface area contributed by atoms with E-state index in [0.29, 0.717) is 6.42 Å². The Hall–Kier alpha value is -4.37. The van der Waals surface area contributed by atoms with E-state index in [2.05, 4.69) is 172 Å². The van der Waals surface area contributed by atoms with Gasteiger partial charge >= 0.3 is 19.8 Å². The van der Waals surface area contributed by atoms with E-state index in [1.165, 1.54) is 173 Å². The number of esters is 2. The Labute approximate surface area is 585 Å². The number of carbonyl (C=O) groups is 2. The molecule has 0 aromatic heterocycles. The lowest BCUT2D eigenvalue weighted by molar-refractivity contribution is -0.161. The van der Waals surface area contributed by atoms with Crippen LogP contribution in [0.3, 0.4) is 0 Å². The Morgan fingerprint density at radius 1 is 0.326 bits per heavy atom. The van der Waals surface area contributed by atoms with Crippen LogP contribution in [0.2, 0.25) is 0 Å². The summed E-state index contributed by atoms with van der Waals surface area (Å²) in [5.74, 6) is -0.838. The van der Waals surface area contributed by atoms with Crippen molar-refractivity contribution in [2.45, 2.75) is 341 Å². The highest BCUT2D eigenvalue weighted by Crippen LogP contribution is 2.43. The predicted octanol–water partition coefficient (Wildman–Crippen LogP) is 26.3. The molecule has 0 aromatic carbocycles. The molecular formula is C85H144NO8P. The van der Waals surface area contributed by atoms with E-state index in [1.807, 2.05) is 0 Å². The Bertz CT molecular complexity index is 2120. The molecule has 0 fully saturated rings. The van der Waals surface area contributed by atoms with Crippen molar-refractivity contribution in [1.29, 1.82) is 0 Å². The van der Waals surface area contributed by atoms with E-state index in [9.17, 15) is 19.0 Å². The van der Waals surface area contributed by atoms with Gasteiger partial charge < -0.3 is 20.1 Å². The van der Waals surface area contributed by atoms with Crippen LogP contribution in [0.25, 0.3) is 0 Å². The number of unbranched alkanes of at least 4 members (excludes halogenated alkanes) is 33. The SMILES string of the molecule is CC/C=C\C/C=C\C/C=C\C/C=C\C/C=C\C/C=C\C/C=C\C/C=C\C/C=C\C/C=C\C/C=C\CCCCCCCCCC(=O)OC(COC(=O)CCCCCCCCCCCCCCCCCCCCCCC/C=C\C/C=C\CCCCCCC)COP(=O)(O)OCCN. The monoisotopic (exact) mass is 1340 g/mol. The third kappa shape index (κ3) is 78.5. The Kier molecular flexibility index (Phi) is 75.0. The molecule has 0 spiro atoms. The van der Waals surface area contributed by atoms with Crippen molar-refractivity contribution < 1.29 is 37.6 Å². The number of phosphoric ester groups is 1. The van der Waals surface area contributed by atoms with E-state index in [4.69, 9.17) is 24.3 Å². The highest BCUT2D eigenvalue weighted by atomic mass is 31.2. The molecule has 0 heterocycles. The molecule has 0 aromatic rings. The van der Waals surface area contributed by atoms with Gasteiger partial charge in [-0.3, -0.25) is 18.6 Å². The third-order valence-electron chi connectivity index (χ3n) is 16.4. The first kappa shape index (κ1) is 90.6. The Morgan fingerprint density at radius 2 is 0.579 bits per heavy atom. The lowest BCUT2D eigenvalue weighted by atomic mass is 10.0. The number of ether oxygens (including phenoxy) is 2. The minimum absolute atomic E-state index is 0.0455. The lowest BCUT2D eigenvalue weighted by Crippen LogP contribution is -2.29. The first-order chi connectivity index (χ1) is 46.8. The summed E-state index contributed by atoms with van der Waals surface area (Å²) in [6.07, 6.45) is 115. The molecular weight excluding hydrogens is 1190 g/mol. The van der Waals surface area contributed by atoms with E-state index in [1.54, 1.807) is 0 Å². The van der Waals surface area contributed by atoms with Crippen LogP contribution in [-0.4, -0.2) is 49.3 Å². The average molecular weight is 1340 g/mol. The fraction of sp³-hybridized carbons (Fsp3) is 0.671. The van der Waals surface area contributed by atoms with Crippen LogP contribution in [0.4, 0.5) is 0 Å². The quantitative estimate of drug-likeness (QED) is 0.0264. The summed E-state index contributed by atoms with van der Waals surface area (Å²) in [7, 11) is -4.41. The molecule has 10 heteroatoms. The van der Waals surface area contributed by atoms with Crippen LogP contribution in [0.5, 0.6) is 0 Å². The van der Waals surface area contributed by atoms with Crippen molar-refractivity contribution in [3.05, 3.63) is 158 Å². The third-order valence-corrected chi connectivity index (χ3v) is 17.4. The summed E-state index contributed by atoms with van der Waals surface area (Å²) in [5, 5.41) is 0. The zero-order valence-electron chi connectivity index (χ0n) is 61.1. The van der Waals surface area contributed by atoms with Crippen molar-refractivity contribution >= 4 is 19.8 Å². The fourth-order valence-corrected chi connectivity index (χ4v) is 11.4. The van der Waals surface area contributed by atoms with Gasteiger partial charge in [-0.2, -0.15) is 0 Å². The minimum atomic E-state index is -4.41. The van der Waals surface area contributed by atoms with Crippen LogP contribution in [-0.2, 0) is 32.7 Å². The van der Waals surface area contributed by atoms with Gasteiger partial charge in [0.05, 0.1) is 13.2 Å². The zero-order chi connectivity index (χ0) is 68.6. The van der Waals surface area contributed by atoms with Gasteiger partial charge in [0, 0.05) is 19.4 Å². The number of allylic oxidation sites excluding steroid dienone is 26. The molecule has 0 radical (unpaired) electrons. The lowest BCUT2D eigenvalue weighted by Gasteiger charge is -2.19. The van der Waals surface area contributed by atoms with Crippen molar-refractivity contribution in [2.75, 3.05) is 26.4 Å². The molecule has 0 bridgehead atoms. The number of carbonyl (C=O) groups excluding carboxylic acids is 2. The highest BCUT2D eigenvalue weighted by Gasteiger charge is 2.26. The van der Waals surface area contributed by atoms with Crippen LogP contribution >= 0.6 is 7.82 Å². The number of phosphoric acid groups is 1. The molecule has 0 rings (SSSR count). The first-order valence-electron chi connectivity index (χ1n) is 39.0. The number of hydrogen-bond acceptors (Lipinski definition) is 8. The van der Waals surface area contributed by atoms with Crippen molar-refractivity contribution in [3.63, 3.8) is 0 Å². The molecule has 9 nitrogen and oxygen atoms in total. The highest BCUT2D eigenvalue weighted by molar-refractivity contribution is 7.47. The van der Waals surface area contributed by atoms with Crippen LogP contribution in [0.1, 0.15) is 335 Å². The van der Waals surface area contributed by atoms with E-state index >= 15 is 0 Å². The molecule has 2 atom stereocenters. The van der Waals surface area contributed by atoms with Gasteiger partial charge in [-0.05, 0) is 128 Å². The van der Waals surface area contributed by atoms with E-state index < -0.39 is 26.5 Å². The summed E-state index contributed by atoms with van der Waals surface area (Å²) >= 11 is 0. The molecule has 2 unspecified atom stereocenters. The van der Waals surface area contributed by atoms with Gasteiger partial charge in [-0.15, -0.1) is 0 Å². The van der Waals surface area contributed by atoms with Crippen molar-refractivity contribution in [2.24, 2.45) is 5.73 Å². The molecule has 0 aliphatic rings. The smallest absolute Gasteiger partial charge is 0.462 e. The van der Waals surface area contributed by atoms with Crippen molar-refractivity contribution in [1.82, 2.24) is 0 Å². The van der Waals surface area contributed by atoms with E-state index in [0.717, 1.165) is 128 Å². The number of rotatable bonds is 72. The van der Waals surface area contributed by atoms with Crippen molar-refractivity contribution in [3.8, 4) is 0 Å². The van der Waals surface area contributed by atoms with E-state index in [-0.39, 0.29) is 38.6 Å². The molecule has 0 saturated carbocycles. The molecule has 3 N–H and O–H groups in total. The topological polar surface area (TPSA) is 134 Å². The fourth-order valence-electron chi connectivity index (χ4n) is 10.7. The second kappa shape index (κ2) is 78.6. The Morgan fingerprint density at radius 3 is 0.863 bits per heavy atom. The number of hydrogen-bond donors (Lipinski definition) is 2. The van der Waals surface area contributed by atoms with Gasteiger partial charge in [-0.25, -0.2) is 4.57 Å². The molecule has 0 aliphatic heterocycles. The first-order valence-corrected chi connectivity index (χ1v) is 40.5. The summed E-state index contributed by atoms with van der Waals surface area (Å²) < 4.78 is 33.2. The van der Waals surface area contributed by atoms with Gasteiger partial charge in [0.1, 0.15) is 6.61 Å². The molecule has 95 heavy (non-hydrogen) atoms. The maximum Gasteiger partial charge on any atom is 0.472 e. The van der Waals surface area contributed by atoms with Gasteiger partial charge in [-0.1, -0.05) is 352 Å². The maximum absolute atomic E-state index is 12.8. The summed E-state index contributed by atoms with van der Waals surface area (Å²) in [6.45, 7) is 3.63.